The number of aliphatic imine (C=N–C) groups is 10. The summed E-state index contributed by atoms with van der Waals surface area (Å²) in [5.41, 5.74) is 13.9. The number of carbonyl (C=O) groups is 6. The monoisotopic (exact) mass is 2490 g/mol. The van der Waals surface area contributed by atoms with E-state index >= 15 is 0 Å². The summed E-state index contributed by atoms with van der Waals surface area (Å²) in [6.07, 6.45) is 7.79. The molecule has 42 nitrogen and oxygen atoms in total. The van der Waals surface area contributed by atoms with Crippen molar-refractivity contribution >= 4 is 182 Å². The average Bonchev–Trinajstić information content (AvgIpc) is 0.876. The van der Waals surface area contributed by atoms with E-state index in [0.29, 0.717) is 91.6 Å². The number of carbonyl (C=O) groups excluding carboxylic acids is 6. The molecule has 5 heterocycles. The van der Waals surface area contributed by atoms with E-state index in [-0.39, 0.29) is 140 Å². The summed E-state index contributed by atoms with van der Waals surface area (Å²) in [5.74, 6) is 6.71. The molecule has 0 saturated heterocycles. The third-order valence-corrected chi connectivity index (χ3v) is 14.3. The minimum atomic E-state index is -0.432. The van der Waals surface area contributed by atoms with Crippen LogP contribution >= 0.6 is 0 Å². The van der Waals surface area contributed by atoms with E-state index < -0.39 is 11.8 Å². The van der Waals surface area contributed by atoms with Crippen molar-refractivity contribution in [1.29, 1.82) is 0 Å². The molecule has 0 spiro atoms. The van der Waals surface area contributed by atoms with Gasteiger partial charge in [-0.15, -0.1) is 0 Å². The van der Waals surface area contributed by atoms with Gasteiger partial charge in [-0.1, -0.05) is 52.0 Å². The Hall–Kier alpha value is -9.96. The SMILES string of the molecule is C.C.C.C.C.C.C.C=NC(=O)CN(CC)c1cc(C)nc([N-]C=N[CH]=[W])n1.C=NC(=O)CN(CCC)c1cc(C)nc([N-]C=N[CH]=[W])n1.C=NC(=O)CN(CCN)c1cc(C)nc([N-]C=N[CH]=[W])n1.C=NC(=O)CN(CCNC(C)=O)c1cc(C)nc([N-]C=N[CH]=[W])n1.NCON.[C-]#[N+]CN(CC(=O)N=C)c1cc(C)nc([N-]C=N[CH]=[W])n1. The first-order valence-electron chi connectivity index (χ1n) is 31.9. The number of likely N-dealkylation sites (N-methyl/N-ethyl adjacent to an activating group) is 1. The molecule has 0 aliphatic rings. The third kappa shape index (κ3) is 57.2. The fourth-order valence-corrected chi connectivity index (χ4v) is 8.65. The summed E-state index contributed by atoms with van der Waals surface area (Å²) >= 11 is 6.13. The van der Waals surface area contributed by atoms with Gasteiger partial charge in [0.1, 0.15) is 6.73 Å². The maximum atomic E-state index is 11.6. The van der Waals surface area contributed by atoms with Gasteiger partial charge in [-0.25, -0.2) is 5.90 Å². The quantitative estimate of drug-likeness (QED) is 0.00972. The van der Waals surface area contributed by atoms with Crippen LogP contribution in [0.1, 0.15) is 108 Å². The zero-order valence-electron chi connectivity index (χ0n) is 62.1. The number of hydrogen-bond donors (Lipinski definition) is 4. The fraction of sp³-hybridized carbons (Fsp3) is 0.408. The molecule has 0 aliphatic carbocycles. The Bertz CT molecular complexity index is 4010. The summed E-state index contributed by atoms with van der Waals surface area (Å²) in [7, 11) is 0. The third-order valence-electron chi connectivity index (χ3n) is 12.1. The molecule has 0 radical (unpaired) electrons. The number of nitrogens with one attached hydrogen (secondary N) is 1. The van der Waals surface area contributed by atoms with Crippen molar-refractivity contribution in [2.75, 3.05) is 110 Å². The number of aromatic nitrogens is 10. The summed E-state index contributed by atoms with van der Waals surface area (Å²) in [6.45, 7) is 40.9. The van der Waals surface area contributed by atoms with Gasteiger partial charge in [-0.05, 0) is 0 Å². The Morgan fingerprint density at radius 2 is 0.678 bits per heavy atom. The van der Waals surface area contributed by atoms with Crippen LogP contribution in [0.3, 0.4) is 0 Å². The van der Waals surface area contributed by atoms with Gasteiger partial charge in [0.15, 0.2) is 0 Å². The summed E-state index contributed by atoms with van der Waals surface area (Å²) in [6, 6.07) is 8.78. The van der Waals surface area contributed by atoms with E-state index in [0.717, 1.165) is 23.5 Å². The summed E-state index contributed by atoms with van der Waals surface area (Å²) < 4.78 is 8.44. The van der Waals surface area contributed by atoms with E-state index in [1.807, 2.05) is 45.6 Å². The number of anilines is 5. The second-order valence-corrected chi connectivity index (χ2v) is 24.3. The van der Waals surface area contributed by atoms with Crippen LogP contribution in [0.4, 0.5) is 58.8 Å². The normalized spacial score (nSPS) is 9.54. The molecular weight excluding hydrogens is 2370 g/mol. The van der Waals surface area contributed by atoms with Gasteiger partial charge in [0.05, 0.1) is 0 Å². The van der Waals surface area contributed by atoms with Crippen LogP contribution in [0.5, 0.6) is 0 Å². The number of nitrogens with two attached hydrogens (primary N) is 3. The van der Waals surface area contributed by atoms with Crippen molar-refractivity contribution in [3.63, 3.8) is 0 Å². The van der Waals surface area contributed by atoms with Gasteiger partial charge in [0, 0.05) is 6.92 Å². The molecule has 5 rings (SSSR count). The van der Waals surface area contributed by atoms with Crippen LogP contribution in [0.2, 0.25) is 0 Å². The molecule has 0 bridgehead atoms. The molecular formula is C71H112N35O7W5-5. The number of rotatable bonds is 40. The number of aryl methyl sites for hydroxylation is 5. The second-order valence-electron chi connectivity index (χ2n) is 20.5. The standard InChI is InChI=1S/C14H19N7O2.C13H17N6O.C12H12N7O.C12H16N7O.C12H15N6O.CH6N2O.7CH4.5W/c1-10-7-12(20-14(19-10)18-9-15-3)21(8-13(23)16-4)6-5-17-11(2)22;1-5-6-19(8-12(20)15-4)11-7-10(2)17-13(18-11)16-9-14-3;1-9-5-10(18-12(17-9)16-7-13-2)19(8-14-3)6-11(20)15-4;1-9-6-10(18-12(17-9)16-8-14-2)19(5-4-13)7-11(20)15-3;1-5-18(7-11(19)14-4)10-6-9(2)16-12(17-10)15-8-13-3;2-1-4-3;;;;;;;;;;;;/h3,7,9H,4-6,8H2,1-2H3,(H2,17,18,19,20,22);3,7,9H,4-6,8H2,1-2H3;2,5,7H,4,6,8H2,1H3;2,6,8H,3-5,7,13H2,1H3;3,6,8H,4-5,7H2,1-2H3;1-3H2;7*1H4;;;;;/q;4*-1;;;;;;;;;;;;;/p-1. The Morgan fingerprint density at radius 3 is 0.898 bits per heavy atom. The molecule has 0 saturated carbocycles. The van der Waals surface area contributed by atoms with Crippen LogP contribution < -0.4 is 47.2 Å². The van der Waals surface area contributed by atoms with Gasteiger partial charge < -0.3 is 5.73 Å². The summed E-state index contributed by atoms with van der Waals surface area (Å²) in [4.78, 5) is 163. The summed E-state index contributed by atoms with van der Waals surface area (Å²) in [5, 5.41) is 22.9. The number of nitrogens with zero attached hydrogens (tertiary/aromatic N) is 31. The van der Waals surface area contributed by atoms with Crippen molar-refractivity contribution in [2.45, 2.75) is 114 Å². The van der Waals surface area contributed by atoms with E-state index in [9.17, 15) is 28.8 Å². The Labute approximate surface area is 749 Å². The van der Waals surface area contributed by atoms with Crippen molar-refractivity contribution < 1.29 is 130 Å². The van der Waals surface area contributed by atoms with Gasteiger partial charge >= 0.3 is 669 Å². The first-order valence-corrected chi connectivity index (χ1v) is 40.4. The van der Waals surface area contributed by atoms with Gasteiger partial charge in [0.25, 0.3) is 0 Å². The topological polar surface area (TPSA) is 545 Å². The van der Waals surface area contributed by atoms with E-state index in [2.05, 4.69) is 187 Å². The van der Waals surface area contributed by atoms with Crippen molar-refractivity contribution in [1.82, 2.24) is 55.2 Å². The van der Waals surface area contributed by atoms with Crippen LogP contribution in [0.15, 0.2) is 80.3 Å². The molecule has 0 unspecified atom stereocenters. The average molecular weight is 2490 g/mol. The molecule has 0 fully saturated rings. The van der Waals surface area contributed by atoms with Gasteiger partial charge in [-0.3, -0.25) is 9.63 Å². The Balaban J connectivity index is -0.000000208. The van der Waals surface area contributed by atoms with Crippen LogP contribution in [0.25, 0.3) is 31.4 Å². The first kappa shape index (κ1) is 124. The molecule has 0 atom stereocenters. The molecule has 5 aromatic rings. The second kappa shape index (κ2) is 77.0. The van der Waals surface area contributed by atoms with Crippen LogP contribution in [-0.4, -0.2) is 259 Å². The molecule has 118 heavy (non-hydrogen) atoms. The predicted molar refractivity (Wildman–Crippen MR) is 467 cm³/mol. The zero-order valence-corrected chi connectivity index (χ0v) is 76.8. The molecule has 6 amide bonds. The molecule has 0 aromatic carbocycles. The van der Waals surface area contributed by atoms with E-state index in [1.165, 1.54) is 140 Å². The number of hydrogen-bond acceptors (Lipinski definition) is 30. The zero-order chi connectivity index (χ0) is 83.3. The Morgan fingerprint density at radius 1 is 0.441 bits per heavy atom. The van der Waals surface area contributed by atoms with Crippen molar-refractivity contribution in [3.8, 4) is 0 Å². The van der Waals surface area contributed by atoms with Gasteiger partial charge in [-0.2, -0.15) is 0 Å². The first-order chi connectivity index (χ1) is 53.3. The van der Waals surface area contributed by atoms with E-state index in [4.69, 9.17) is 12.3 Å². The molecule has 47 heteroatoms. The number of amides is 6. The van der Waals surface area contributed by atoms with Gasteiger partial charge in [0.2, 0.25) is 0 Å². The predicted octanol–water partition coefficient (Wildman–Crippen LogP) is 7.44. The minimum absolute atomic E-state index is 0. The fourth-order valence-electron chi connectivity index (χ4n) is 7.67. The van der Waals surface area contributed by atoms with Crippen LogP contribution in [0, 0.1) is 41.2 Å². The van der Waals surface area contributed by atoms with E-state index in [1.54, 1.807) is 75.4 Å². The Kier molecular flexibility index (Phi) is 80.7. The van der Waals surface area contributed by atoms with Crippen molar-refractivity contribution in [2.24, 2.45) is 67.3 Å². The molecule has 648 valence electrons. The molecule has 7 N–H and O–H groups in total. The maximum absolute atomic E-state index is 11.6. The molecule has 0 aliphatic heterocycles. The van der Waals surface area contributed by atoms with Crippen LogP contribution in [-0.2, 0) is 130 Å². The molecule has 5 aromatic heterocycles. The van der Waals surface area contributed by atoms with Crippen molar-refractivity contribution in [3.05, 3.63) is 96.8 Å².